The molecule has 1 aliphatic rings. The lowest BCUT2D eigenvalue weighted by Gasteiger charge is -2.23. The van der Waals surface area contributed by atoms with Crippen molar-refractivity contribution >= 4 is 5.69 Å². The predicted molar refractivity (Wildman–Crippen MR) is 69.6 cm³/mol. The molecular weight excluding hydrogens is 215 g/mol. The summed E-state index contributed by atoms with van der Waals surface area (Å²) in [5.41, 5.74) is 7.12. The van der Waals surface area contributed by atoms with Crippen molar-refractivity contribution in [3.8, 4) is 0 Å². The molecule has 1 aromatic rings. The fraction of sp³-hybridized carbons (Fsp3) is 0.571. The lowest BCUT2D eigenvalue weighted by atomic mass is 10.00. The average Bonchev–Trinajstić information content (AvgIpc) is 2.73. The van der Waals surface area contributed by atoms with Crippen LogP contribution in [0.2, 0.25) is 0 Å². The second kappa shape index (κ2) is 5.50. The molecule has 1 aliphatic carbocycles. The van der Waals surface area contributed by atoms with Gasteiger partial charge in [0.05, 0.1) is 0 Å². The number of halogens is 1. The fourth-order valence-electron chi connectivity index (χ4n) is 2.61. The second-order valence-electron chi connectivity index (χ2n) is 5.04. The zero-order valence-electron chi connectivity index (χ0n) is 10.4. The molecule has 3 heteroatoms. The predicted octanol–water partition coefficient (Wildman–Crippen LogP) is 2.78. The van der Waals surface area contributed by atoms with E-state index in [0.717, 1.165) is 18.7 Å². The molecule has 0 heterocycles. The van der Waals surface area contributed by atoms with Crippen LogP contribution in [0.15, 0.2) is 24.3 Å². The van der Waals surface area contributed by atoms with Gasteiger partial charge in [-0.1, -0.05) is 6.42 Å². The highest BCUT2D eigenvalue weighted by Gasteiger charge is 2.23. The van der Waals surface area contributed by atoms with Crippen molar-refractivity contribution < 1.29 is 4.39 Å². The van der Waals surface area contributed by atoms with Gasteiger partial charge in [-0.25, -0.2) is 4.39 Å². The first-order valence-electron chi connectivity index (χ1n) is 6.39. The van der Waals surface area contributed by atoms with Gasteiger partial charge in [-0.05, 0) is 49.4 Å². The molecule has 0 amide bonds. The van der Waals surface area contributed by atoms with Crippen molar-refractivity contribution in [2.45, 2.75) is 31.7 Å². The number of hydrogen-bond acceptors (Lipinski definition) is 2. The smallest absolute Gasteiger partial charge is 0.123 e. The Bertz CT molecular complexity index is 350. The van der Waals surface area contributed by atoms with Crippen LogP contribution in [0.3, 0.4) is 0 Å². The van der Waals surface area contributed by atoms with E-state index in [1.165, 1.54) is 31.4 Å². The van der Waals surface area contributed by atoms with E-state index in [1.807, 2.05) is 19.2 Å². The van der Waals surface area contributed by atoms with Crippen LogP contribution in [0.5, 0.6) is 0 Å². The molecule has 0 spiro atoms. The second-order valence-corrected chi connectivity index (χ2v) is 5.04. The molecule has 0 saturated heterocycles. The van der Waals surface area contributed by atoms with Gasteiger partial charge in [-0.3, -0.25) is 0 Å². The number of benzene rings is 1. The molecule has 0 aromatic heterocycles. The molecule has 1 fully saturated rings. The molecule has 2 nitrogen and oxygen atoms in total. The van der Waals surface area contributed by atoms with E-state index >= 15 is 0 Å². The van der Waals surface area contributed by atoms with Gasteiger partial charge >= 0.3 is 0 Å². The number of rotatable bonds is 4. The van der Waals surface area contributed by atoms with Crippen LogP contribution in [0.4, 0.5) is 10.1 Å². The Balaban J connectivity index is 1.84. The van der Waals surface area contributed by atoms with Crippen LogP contribution >= 0.6 is 0 Å². The van der Waals surface area contributed by atoms with Gasteiger partial charge in [0.25, 0.3) is 0 Å². The molecule has 2 atom stereocenters. The summed E-state index contributed by atoms with van der Waals surface area (Å²) in [5, 5.41) is 0. The Morgan fingerprint density at radius 1 is 1.29 bits per heavy atom. The largest absolute Gasteiger partial charge is 0.375 e. The number of hydrogen-bond donors (Lipinski definition) is 1. The highest BCUT2D eigenvalue weighted by molar-refractivity contribution is 5.45. The Labute approximate surface area is 103 Å². The third-order valence-corrected chi connectivity index (χ3v) is 3.82. The summed E-state index contributed by atoms with van der Waals surface area (Å²) in [7, 11) is 2.05. The minimum atomic E-state index is -0.181. The minimum absolute atomic E-state index is 0.181. The zero-order valence-corrected chi connectivity index (χ0v) is 10.4. The van der Waals surface area contributed by atoms with Crippen molar-refractivity contribution in [1.29, 1.82) is 0 Å². The lowest BCUT2D eigenvalue weighted by molar-refractivity contribution is 0.449. The van der Waals surface area contributed by atoms with Gasteiger partial charge in [0.2, 0.25) is 0 Å². The van der Waals surface area contributed by atoms with Crippen LogP contribution < -0.4 is 10.6 Å². The summed E-state index contributed by atoms with van der Waals surface area (Å²) in [6, 6.07) is 7.05. The third-order valence-electron chi connectivity index (χ3n) is 3.82. The van der Waals surface area contributed by atoms with Crippen molar-refractivity contribution in [1.82, 2.24) is 0 Å². The normalized spacial score (nSPS) is 23.9. The maximum atomic E-state index is 12.8. The monoisotopic (exact) mass is 236 g/mol. The van der Waals surface area contributed by atoms with Crippen LogP contribution in [-0.2, 0) is 0 Å². The van der Waals surface area contributed by atoms with Crippen molar-refractivity contribution in [2.75, 3.05) is 18.5 Å². The fourth-order valence-corrected chi connectivity index (χ4v) is 2.61. The van der Waals surface area contributed by atoms with Crippen LogP contribution in [0.25, 0.3) is 0 Å². The standard InChI is InChI=1S/C14H21FN2/c1-17(13-7-5-12(15)6-8-13)10-9-11-3-2-4-14(11)16/h5-8,11,14H,2-4,9-10,16H2,1H3. The van der Waals surface area contributed by atoms with E-state index in [1.54, 1.807) is 0 Å². The maximum absolute atomic E-state index is 12.8. The van der Waals surface area contributed by atoms with E-state index in [2.05, 4.69) is 4.90 Å². The van der Waals surface area contributed by atoms with Gasteiger partial charge < -0.3 is 10.6 Å². The SMILES string of the molecule is CN(CCC1CCCC1N)c1ccc(F)cc1. The first-order chi connectivity index (χ1) is 8.16. The molecule has 94 valence electrons. The van der Waals surface area contributed by atoms with Gasteiger partial charge in [0.15, 0.2) is 0 Å². The first-order valence-corrected chi connectivity index (χ1v) is 6.39. The van der Waals surface area contributed by atoms with Crippen LogP contribution in [0, 0.1) is 11.7 Å². The lowest BCUT2D eigenvalue weighted by Crippen LogP contribution is -2.28. The Hall–Kier alpha value is -1.09. The van der Waals surface area contributed by atoms with E-state index in [-0.39, 0.29) is 5.82 Å². The summed E-state index contributed by atoms with van der Waals surface area (Å²) in [6.07, 6.45) is 4.84. The number of nitrogens with two attached hydrogens (primary N) is 1. The number of anilines is 1. The molecule has 0 radical (unpaired) electrons. The Morgan fingerprint density at radius 3 is 2.59 bits per heavy atom. The van der Waals surface area contributed by atoms with Crippen LogP contribution in [0.1, 0.15) is 25.7 Å². The highest BCUT2D eigenvalue weighted by Crippen LogP contribution is 2.27. The molecule has 0 bridgehead atoms. The molecule has 2 N–H and O–H groups in total. The molecule has 2 unspecified atom stereocenters. The summed E-state index contributed by atoms with van der Waals surface area (Å²) >= 11 is 0. The van der Waals surface area contributed by atoms with Gasteiger partial charge in [-0.2, -0.15) is 0 Å². The van der Waals surface area contributed by atoms with Gasteiger partial charge in [-0.15, -0.1) is 0 Å². The molecule has 17 heavy (non-hydrogen) atoms. The molecule has 1 saturated carbocycles. The third kappa shape index (κ3) is 3.19. The van der Waals surface area contributed by atoms with E-state index in [9.17, 15) is 4.39 Å². The Kier molecular flexibility index (Phi) is 4.00. The summed E-state index contributed by atoms with van der Waals surface area (Å²) in [4.78, 5) is 2.17. The van der Waals surface area contributed by atoms with Crippen LogP contribution in [-0.4, -0.2) is 19.6 Å². The van der Waals surface area contributed by atoms with Gasteiger partial charge in [0, 0.05) is 25.3 Å². The highest BCUT2D eigenvalue weighted by atomic mass is 19.1. The quantitative estimate of drug-likeness (QED) is 0.871. The Morgan fingerprint density at radius 2 is 2.00 bits per heavy atom. The summed E-state index contributed by atoms with van der Waals surface area (Å²) < 4.78 is 12.8. The zero-order chi connectivity index (χ0) is 12.3. The molecule has 2 rings (SSSR count). The topological polar surface area (TPSA) is 29.3 Å². The first kappa shape index (κ1) is 12.4. The van der Waals surface area contributed by atoms with Crippen molar-refractivity contribution in [2.24, 2.45) is 11.7 Å². The summed E-state index contributed by atoms with van der Waals surface area (Å²) in [5.74, 6) is 0.484. The van der Waals surface area contributed by atoms with E-state index < -0.39 is 0 Å². The van der Waals surface area contributed by atoms with Crippen molar-refractivity contribution in [3.63, 3.8) is 0 Å². The van der Waals surface area contributed by atoms with Crippen molar-refractivity contribution in [3.05, 3.63) is 30.1 Å². The minimum Gasteiger partial charge on any atom is -0.375 e. The molecule has 0 aliphatic heterocycles. The number of nitrogens with zero attached hydrogens (tertiary/aromatic N) is 1. The molecular formula is C14H21FN2. The molecule has 1 aromatic carbocycles. The van der Waals surface area contributed by atoms with Gasteiger partial charge in [0.1, 0.15) is 5.82 Å². The maximum Gasteiger partial charge on any atom is 0.123 e. The van der Waals surface area contributed by atoms with E-state index in [0.29, 0.717) is 12.0 Å². The summed E-state index contributed by atoms with van der Waals surface area (Å²) in [6.45, 7) is 0.990. The average molecular weight is 236 g/mol. The van der Waals surface area contributed by atoms with E-state index in [4.69, 9.17) is 5.73 Å².